The monoisotopic (exact) mass is 469 g/mol. The second-order valence-electron chi connectivity index (χ2n) is 10.6. The maximum atomic E-state index is 9.57. The van der Waals surface area contributed by atoms with E-state index in [1.165, 1.54) is 48.8 Å². The molecule has 2 fully saturated rings. The molecule has 3 aliphatic carbocycles. The van der Waals surface area contributed by atoms with Crippen molar-refractivity contribution in [1.82, 2.24) is 5.32 Å². The summed E-state index contributed by atoms with van der Waals surface area (Å²) in [6.45, 7) is 3.31. The Morgan fingerprint density at radius 1 is 1.12 bits per heavy atom. The Hall–Kier alpha value is -1.59. The van der Waals surface area contributed by atoms with Crippen LogP contribution in [0.3, 0.4) is 0 Å². The predicted molar refractivity (Wildman–Crippen MR) is 132 cm³/mol. The Kier molecular flexibility index (Phi) is 6.72. The highest BCUT2D eigenvalue weighted by Gasteiger charge is 2.54. The predicted octanol–water partition coefficient (Wildman–Crippen LogP) is 5.09. The van der Waals surface area contributed by atoms with Gasteiger partial charge in [0.05, 0.1) is 6.61 Å². The fraction of sp³-hybridized carbons (Fsp3) is 0.571. The molecule has 0 spiro atoms. The normalized spacial score (nSPS) is 31.4. The van der Waals surface area contributed by atoms with E-state index in [2.05, 4.69) is 36.5 Å². The van der Waals surface area contributed by atoms with Gasteiger partial charge in [-0.2, -0.15) is 0 Å². The van der Waals surface area contributed by atoms with Crippen LogP contribution < -0.4 is 10.1 Å². The zero-order chi connectivity index (χ0) is 23.0. The molecule has 2 saturated carbocycles. The maximum Gasteiger partial charge on any atom is 0.119 e. The van der Waals surface area contributed by atoms with Gasteiger partial charge in [0.25, 0.3) is 0 Å². The molecule has 6 atom stereocenters. The molecule has 3 aliphatic rings. The third kappa shape index (κ3) is 4.55. The molecule has 33 heavy (non-hydrogen) atoms. The van der Waals surface area contributed by atoms with Gasteiger partial charge in [0.15, 0.2) is 0 Å². The number of aliphatic hydroxyl groups excluding tert-OH is 2. The molecule has 0 aromatic heterocycles. The zero-order valence-corrected chi connectivity index (χ0v) is 20.2. The van der Waals surface area contributed by atoms with Crippen molar-refractivity contribution in [3.8, 4) is 5.75 Å². The first-order chi connectivity index (χ1) is 16.0. The van der Waals surface area contributed by atoms with Crippen LogP contribution in [0.5, 0.6) is 5.75 Å². The fourth-order valence-electron chi connectivity index (χ4n) is 7.07. The number of aliphatic hydroxyl groups is 2. The minimum atomic E-state index is -0.829. The summed E-state index contributed by atoms with van der Waals surface area (Å²) in [7, 11) is 0. The number of hydrogen-bond donors (Lipinski definition) is 3. The largest absolute Gasteiger partial charge is 0.491 e. The van der Waals surface area contributed by atoms with Gasteiger partial charge in [0, 0.05) is 17.6 Å². The number of aryl methyl sites for hydroxylation is 1. The van der Waals surface area contributed by atoms with Crippen molar-refractivity contribution in [2.24, 2.45) is 17.3 Å². The lowest BCUT2D eigenvalue weighted by molar-refractivity contribution is 0.0406. The molecule has 178 valence electrons. The van der Waals surface area contributed by atoms with Gasteiger partial charge in [-0.3, -0.25) is 0 Å². The molecule has 0 bridgehead atoms. The van der Waals surface area contributed by atoms with E-state index in [4.69, 9.17) is 21.4 Å². The number of fused-ring (bicyclic) bond motifs is 5. The van der Waals surface area contributed by atoms with Crippen molar-refractivity contribution in [2.75, 3.05) is 13.2 Å². The quantitative estimate of drug-likeness (QED) is 0.528. The standard InChI is InChI=1S/C28H36ClNO3/c1-28-13-12-24-23-9-7-22(33-17-21(32)16-31)14-19(23)4-8-25(24)26(28)10-11-27(28)30-15-18-2-5-20(29)6-3-18/h2-3,5-7,9,14,21,24-27,30-32H,4,8,10-13,15-17H2,1H3/t21?,24-,25-,26+,27+,28+/m1/s1. The molecule has 1 unspecified atom stereocenters. The van der Waals surface area contributed by atoms with E-state index in [1.807, 2.05) is 18.2 Å². The Morgan fingerprint density at radius 3 is 2.73 bits per heavy atom. The number of ether oxygens (including phenoxy) is 1. The summed E-state index contributed by atoms with van der Waals surface area (Å²) < 4.78 is 5.70. The van der Waals surface area contributed by atoms with E-state index >= 15 is 0 Å². The smallest absolute Gasteiger partial charge is 0.119 e. The van der Waals surface area contributed by atoms with E-state index in [0.29, 0.717) is 17.4 Å². The van der Waals surface area contributed by atoms with Crippen LogP contribution in [0.15, 0.2) is 42.5 Å². The summed E-state index contributed by atoms with van der Waals surface area (Å²) >= 11 is 6.05. The van der Waals surface area contributed by atoms with Gasteiger partial charge >= 0.3 is 0 Å². The van der Waals surface area contributed by atoms with Gasteiger partial charge in [0.1, 0.15) is 18.5 Å². The summed E-state index contributed by atoms with van der Waals surface area (Å²) in [4.78, 5) is 0. The maximum absolute atomic E-state index is 9.57. The van der Waals surface area contributed by atoms with Crippen LogP contribution in [-0.2, 0) is 13.0 Å². The van der Waals surface area contributed by atoms with Crippen molar-refractivity contribution < 1.29 is 14.9 Å². The highest BCUT2D eigenvalue weighted by Crippen LogP contribution is 2.61. The van der Waals surface area contributed by atoms with Crippen molar-refractivity contribution in [1.29, 1.82) is 0 Å². The zero-order valence-electron chi connectivity index (χ0n) is 19.5. The summed E-state index contributed by atoms with van der Waals surface area (Å²) in [5, 5.41) is 23.3. The van der Waals surface area contributed by atoms with Crippen LogP contribution in [0.2, 0.25) is 5.02 Å². The highest BCUT2D eigenvalue weighted by molar-refractivity contribution is 6.30. The molecule has 0 heterocycles. The molecule has 5 rings (SSSR count). The summed E-state index contributed by atoms with van der Waals surface area (Å²) in [5.41, 5.74) is 4.60. The molecule has 0 radical (unpaired) electrons. The van der Waals surface area contributed by atoms with Gasteiger partial charge in [-0.25, -0.2) is 0 Å². The van der Waals surface area contributed by atoms with E-state index < -0.39 is 6.10 Å². The molecule has 3 N–H and O–H groups in total. The summed E-state index contributed by atoms with van der Waals surface area (Å²) in [5.74, 6) is 3.00. The average Bonchev–Trinajstić information content (AvgIpc) is 3.18. The second kappa shape index (κ2) is 9.58. The van der Waals surface area contributed by atoms with E-state index in [1.54, 1.807) is 0 Å². The van der Waals surface area contributed by atoms with Crippen LogP contribution in [0.25, 0.3) is 0 Å². The SMILES string of the molecule is C[C@]12CC[C@@H]3c4ccc(OCC(O)CO)cc4CC[C@H]3[C@@H]1CC[C@@H]2NCc1ccc(Cl)cc1. The van der Waals surface area contributed by atoms with Gasteiger partial charge < -0.3 is 20.3 Å². The molecule has 2 aromatic rings. The van der Waals surface area contributed by atoms with E-state index in [0.717, 1.165) is 35.6 Å². The summed E-state index contributed by atoms with van der Waals surface area (Å²) in [6.07, 6.45) is 6.65. The first kappa shape index (κ1) is 23.2. The van der Waals surface area contributed by atoms with Crippen molar-refractivity contribution in [3.05, 3.63) is 64.2 Å². The van der Waals surface area contributed by atoms with Gasteiger partial charge in [-0.15, -0.1) is 0 Å². The molecule has 4 nitrogen and oxygen atoms in total. The lowest BCUT2D eigenvalue weighted by Crippen LogP contribution is -2.48. The second-order valence-corrected chi connectivity index (χ2v) is 11.0. The summed E-state index contributed by atoms with van der Waals surface area (Å²) in [6, 6.07) is 15.3. The minimum absolute atomic E-state index is 0.131. The molecule has 0 saturated heterocycles. The van der Waals surface area contributed by atoms with E-state index in [9.17, 15) is 5.11 Å². The van der Waals surface area contributed by atoms with Gasteiger partial charge in [0.2, 0.25) is 0 Å². The van der Waals surface area contributed by atoms with Crippen molar-refractivity contribution in [3.63, 3.8) is 0 Å². The molecule has 2 aromatic carbocycles. The lowest BCUT2D eigenvalue weighted by Gasteiger charge is -2.51. The third-order valence-corrected chi connectivity index (χ3v) is 9.07. The lowest BCUT2D eigenvalue weighted by atomic mass is 9.55. The van der Waals surface area contributed by atoms with Crippen LogP contribution in [0.1, 0.15) is 61.6 Å². The fourth-order valence-corrected chi connectivity index (χ4v) is 7.20. The van der Waals surface area contributed by atoms with Gasteiger partial charge in [-0.05, 0) is 103 Å². The Bertz CT molecular complexity index is 964. The first-order valence-corrected chi connectivity index (χ1v) is 12.9. The third-order valence-electron chi connectivity index (χ3n) is 8.82. The van der Waals surface area contributed by atoms with Gasteiger partial charge in [-0.1, -0.05) is 36.7 Å². The first-order valence-electron chi connectivity index (χ1n) is 12.5. The highest BCUT2D eigenvalue weighted by atomic mass is 35.5. The Morgan fingerprint density at radius 2 is 1.94 bits per heavy atom. The van der Waals surface area contributed by atoms with Crippen molar-refractivity contribution in [2.45, 2.75) is 70.1 Å². The molecule has 5 heteroatoms. The van der Waals surface area contributed by atoms with Crippen LogP contribution in [0.4, 0.5) is 0 Å². The molecular formula is C28H36ClNO3. The number of benzene rings is 2. The molecule has 0 amide bonds. The Labute approximate surface area is 202 Å². The van der Waals surface area contributed by atoms with Crippen LogP contribution in [0, 0.1) is 17.3 Å². The average molecular weight is 470 g/mol. The molecule has 0 aliphatic heterocycles. The number of rotatable bonds is 7. The number of hydrogen-bond acceptors (Lipinski definition) is 4. The molecular weight excluding hydrogens is 434 g/mol. The number of nitrogens with one attached hydrogen (secondary N) is 1. The Balaban J connectivity index is 1.26. The number of halogens is 1. The van der Waals surface area contributed by atoms with E-state index in [-0.39, 0.29) is 13.2 Å². The van der Waals surface area contributed by atoms with Crippen LogP contribution in [-0.4, -0.2) is 35.6 Å². The van der Waals surface area contributed by atoms with Crippen LogP contribution >= 0.6 is 11.6 Å². The minimum Gasteiger partial charge on any atom is -0.491 e. The topological polar surface area (TPSA) is 61.7 Å². The van der Waals surface area contributed by atoms with Crippen molar-refractivity contribution >= 4 is 11.6 Å².